The number of halogens is 3. The lowest BCUT2D eigenvalue weighted by Gasteiger charge is -2.34. The summed E-state index contributed by atoms with van der Waals surface area (Å²) in [5.41, 5.74) is 0.180. The molecule has 2 aromatic carbocycles. The molecule has 2 aromatic rings. The van der Waals surface area contributed by atoms with E-state index in [9.17, 15) is 26.4 Å². The monoisotopic (exact) mass is 444 g/mol. The Bertz CT molecular complexity index is 1020. The van der Waals surface area contributed by atoms with Gasteiger partial charge >= 0.3 is 6.61 Å². The van der Waals surface area contributed by atoms with Gasteiger partial charge in [-0.3, -0.25) is 4.79 Å². The number of carbonyl (C=O) groups excluding carboxylic acids is 1. The van der Waals surface area contributed by atoms with E-state index in [4.69, 9.17) is 4.74 Å². The summed E-state index contributed by atoms with van der Waals surface area (Å²) >= 11 is 0. The number of hydrogen-bond donors (Lipinski definition) is 0. The van der Waals surface area contributed by atoms with Gasteiger partial charge in [-0.05, 0) is 30.3 Å². The Hall–Kier alpha value is -2.79. The molecule has 7 nitrogen and oxygen atoms in total. The van der Waals surface area contributed by atoms with Crippen molar-refractivity contribution in [3.8, 4) is 11.5 Å². The van der Waals surface area contributed by atoms with Crippen molar-refractivity contribution in [1.82, 2.24) is 9.21 Å². The average Bonchev–Trinajstić information content (AvgIpc) is 2.73. The van der Waals surface area contributed by atoms with Gasteiger partial charge in [-0.2, -0.15) is 13.1 Å². The van der Waals surface area contributed by atoms with Crippen molar-refractivity contribution in [2.24, 2.45) is 0 Å². The highest BCUT2D eigenvalue weighted by Gasteiger charge is 2.32. The lowest BCUT2D eigenvalue weighted by Crippen LogP contribution is -2.50. The smallest absolute Gasteiger partial charge is 0.387 e. The van der Waals surface area contributed by atoms with E-state index in [0.717, 1.165) is 10.4 Å². The van der Waals surface area contributed by atoms with Crippen molar-refractivity contribution in [3.05, 3.63) is 53.8 Å². The number of nitrogens with zero attached hydrogens (tertiary/aromatic N) is 2. The molecule has 1 fully saturated rings. The third-order valence-corrected chi connectivity index (χ3v) is 6.54. The maximum Gasteiger partial charge on any atom is 0.387 e. The van der Waals surface area contributed by atoms with Crippen molar-refractivity contribution < 1.29 is 35.9 Å². The first-order valence-electron chi connectivity index (χ1n) is 8.91. The summed E-state index contributed by atoms with van der Waals surface area (Å²) in [5, 5.41) is 0. The van der Waals surface area contributed by atoms with Gasteiger partial charge in [0.1, 0.15) is 10.7 Å². The summed E-state index contributed by atoms with van der Waals surface area (Å²) in [7, 11) is -2.76. The molecule has 30 heavy (non-hydrogen) atoms. The lowest BCUT2D eigenvalue weighted by molar-refractivity contribution is -0.0512. The summed E-state index contributed by atoms with van der Waals surface area (Å²) in [4.78, 5) is 13.7. The van der Waals surface area contributed by atoms with E-state index in [1.54, 1.807) is 0 Å². The van der Waals surface area contributed by atoms with Crippen LogP contribution in [0.1, 0.15) is 10.4 Å². The van der Waals surface area contributed by atoms with Crippen molar-refractivity contribution in [2.45, 2.75) is 11.5 Å². The number of sulfonamides is 1. The van der Waals surface area contributed by atoms with Crippen molar-refractivity contribution in [2.75, 3.05) is 33.3 Å². The van der Waals surface area contributed by atoms with E-state index >= 15 is 0 Å². The van der Waals surface area contributed by atoms with Crippen LogP contribution >= 0.6 is 0 Å². The Morgan fingerprint density at radius 3 is 2.30 bits per heavy atom. The van der Waals surface area contributed by atoms with Crippen LogP contribution in [0.25, 0.3) is 0 Å². The summed E-state index contributed by atoms with van der Waals surface area (Å²) in [6.07, 6.45) is 0. The number of benzene rings is 2. The standard InChI is InChI=1S/C19H19F3N2O5S/c1-28-16-12-13(6-7-15(16)29-19(21)22)18(25)23-8-10-24(11-9-23)30(26,27)17-5-3-2-4-14(17)20/h2-7,12,19H,8-11H2,1H3. The molecule has 1 amide bonds. The topological polar surface area (TPSA) is 76.2 Å². The zero-order chi connectivity index (χ0) is 21.9. The summed E-state index contributed by atoms with van der Waals surface area (Å²) in [5.74, 6) is -1.49. The fourth-order valence-electron chi connectivity index (χ4n) is 3.10. The zero-order valence-electron chi connectivity index (χ0n) is 15.9. The van der Waals surface area contributed by atoms with E-state index in [1.165, 1.54) is 48.4 Å². The van der Waals surface area contributed by atoms with Crippen LogP contribution in [-0.4, -0.2) is 63.4 Å². The fraction of sp³-hybridized carbons (Fsp3) is 0.316. The molecule has 0 radical (unpaired) electrons. The lowest BCUT2D eigenvalue weighted by atomic mass is 10.1. The van der Waals surface area contributed by atoms with Gasteiger partial charge in [-0.1, -0.05) is 12.1 Å². The summed E-state index contributed by atoms with van der Waals surface area (Å²) < 4.78 is 74.5. The van der Waals surface area contributed by atoms with Gasteiger partial charge in [0.15, 0.2) is 11.5 Å². The molecule has 0 saturated carbocycles. The molecule has 0 bridgehead atoms. The van der Waals surface area contributed by atoms with Crippen molar-refractivity contribution in [1.29, 1.82) is 0 Å². The number of ether oxygens (including phenoxy) is 2. The van der Waals surface area contributed by atoms with Crippen LogP contribution in [0.4, 0.5) is 13.2 Å². The molecule has 11 heteroatoms. The molecule has 0 spiro atoms. The number of piperazine rings is 1. The maximum atomic E-state index is 13.9. The minimum Gasteiger partial charge on any atom is -0.493 e. The second-order valence-electron chi connectivity index (χ2n) is 6.37. The van der Waals surface area contributed by atoms with Crippen LogP contribution in [0.3, 0.4) is 0 Å². The molecular formula is C19H19F3N2O5S. The molecule has 1 heterocycles. The third-order valence-electron chi connectivity index (χ3n) is 4.61. The summed E-state index contributed by atoms with van der Waals surface area (Å²) in [6, 6.07) is 8.91. The highest BCUT2D eigenvalue weighted by Crippen LogP contribution is 2.30. The predicted molar refractivity (Wildman–Crippen MR) is 101 cm³/mol. The Kier molecular flexibility index (Phi) is 6.52. The molecule has 3 rings (SSSR count). The largest absolute Gasteiger partial charge is 0.493 e. The van der Waals surface area contributed by atoms with Gasteiger partial charge < -0.3 is 14.4 Å². The number of methoxy groups -OCH3 is 1. The molecular weight excluding hydrogens is 425 g/mol. The van der Waals surface area contributed by atoms with Gasteiger partial charge in [-0.25, -0.2) is 12.8 Å². The number of alkyl halides is 2. The molecule has 0 unspecified atom stereocenters. The minimum absolute atomic E-state index is 0.00782. The van der Waals surface area contributed by atoms with Crippen LogP contribution in [0, 0.1) is 5.82 Å². The zero-order valence-corrected chi connectivity index (χ0v) is 16.7. The number of hydrogen-bond acceptors (Lipinski definition) is 5. The Morgan fingerprint density at radius 2 is 1.70 bits per heavy atom. The van der Waals surface area contributed by atoms with E-state index in [2.05, 4.69) is 4.74 Å². The van der Waals surface area contributed by atoms with Crippen LogP contribution < -0.4 is 9.47 Å². The maximum absolute atomic E-state index is 13.9. The summed E-state index contributed by atoms with van der Waals surface area (Å²) in [6.45, 7) is -2.88. The van der Waals surface area contributed by atoms with Crippen LogP contribution in [-0.2, 0) is 10.0 Å². The Morgan fingerprint density at radius 1 is 1.03 bits per heavy atom. The molecule has 1 aliphatic heterocycles. The molecule has 162 valence electrons. The van der Waals surface area contributed by atoms with Crippen molar-refractivity contribution >= 4 is 15.9 Å². The van der Waals surface area contributed by atoms with Crippen LogP contribution in [0.2, 0.25) is 0 Å². The SMILES string of the molecule is COc1cc(C(=O)N2CCN(S(=O)(=O)c3ccccc3F)CC2)ccc1OC(F)F. The first kappa shape index (κ1) is 21.9. The van der Waals surface area contributed by atoms with E-state index in [-0.39, 0.29) is 43.2 Å². The van der Waals surface area contributed by atoms with Crippen molar-refractivity contribution in [3.63, 3.8) is 0 Å². The van der Waals surface area contributed by atoms with E-state index < -0.39 is 33.3 Å². The number of amides is 1. The number of rotatable bonds is 6. The molecule has 0 atom stereocenters. The second-order valence-corrected chi connectivity index (χ2v) is 8.28. The highest BCUT2D eigenvalue weighted by molar-refractivity contribution is 7.89. The Balaban J connectivity index is 1.71. The fourth-order valence-corrected chi connectivity index (χ4v) is 4.59. The second kappa shape index (κ2) is 8.92. The molecule has 1 aliphatic rings. The number of carbonyl (C=O) groups is 1. The molecule has 0 aromatic heterocycles. The normalized spacial score (nSPS) is 15.3. The van der Waals surface area contributed by atoms with E-state index in [0.29, 0.717) is 0 Å². The van der Waals surface area contributed by atoms with Crippen LogP contribution in [0.5, 0.6) is 11.5 Å². The van der Waals surface area contributed by atoms with Gasteiger partial charge in [0, 0.05) is 31.7 Å². The average molecular weight is 444 g/mol. The van der Waals surface area contributed by atoms with Gasteiger partial charge in [0.25, 0.3) is 5.91 Å². The first-order chi connectivity index (χ1) is 14.2. The van der Waals surface area contributed by atoms with Gasteiger partial charge in [-0.15, -0.1) is 0 Å². The van der Waals surface area contributed by atoms with Gasteiger partial charge in [0.05, 0.1) is 7.11 Å². The Labute approximate surface area is 171 Å². The molecule has 0 aliphatic carbocycles. The highest BCUT2D eigenvalue weighted by atomic mass is 32.2. The van der Waals surface area contributed by atoms with Gasteiger partial charge in [0.2, 0.25) is 10.0 Å². The molecule has 0 N–H and O–H groups in total. The minimum atomic E-state index is -4.02. The first-order valence-corrected chi connectivity index (χ1v) is 10.3. The predicted octanol–water partition coefficient (Wildman–Crippen LogP) is 2.58. The quantitative estimate of drug-likeness (QED) is 0.685. The molecule has 1 saturated heterocycles. The van der Waals surface area contributed by atoms with Crippen LogP contribution in [0.15, 0.2) is 47.4 Å². The van der Waals surface area contributed by atoms with E-state index in [1.807, 2.05) is 0 Å². The third kappa shape index (κ3) is 4.51.